The van der Waals surface area contributed by atoms with Crippen LogP contribution in [0.5, 0.6) is 0 Å². The highest BCUT2D eigenvalue weighted by molar-refractivity contribution is 5.08. The number of hydrogen-bond donors (Lipinski definition) is 1. The molecular weight excluding hydrogens is 164 g/mol. The third-order valence-corrected chi connectivity index (χ3v) is 3.20. The quantitative estimate of drug-likeness (QED) is 0.725. The minimum atomic E-state index is -0.231. The largest absolute Gasteiger partial charge is 0.501 e. The minimum absolute atomic E-state index is 0.231. The van der Waals surface area contributed by atoms with Crippen LogP contribution in [0, 0.1) is 5.92 Å². The van der Waals surface area contributed by atoms with E-state index in [1.807, 2.05) is 0 Å². The van der Waals surface area contributed by atoms with Crippen molar-refractivity contribution in [3.8, 4) is 0 Å². The van der Waals surface area contributed by atoms with Crippen LogP contribution in [0.15, 0.2) is 11.8 Å². The van der Waals surface area contributed by atoms with Crippen molar-refractivity contribution in [1.82, 2.24) is 0 Å². The van der Waals surface area contributed by atoms with Gasteiger partial charge in [-0.05, 0) is 17.9 Å². The summed E-state index contributed by atoms with van der Waals surface area (Å²) in [5.41, 5.74) is 1.10. The average molecular weight is 182 g/mol. The van der Waals surface area contributed by atoms with Crippen LogP contribution in [0.1, 0.15) is 38.5 Å². The second-order valence-corrected chi connectivity index (χ2v) is 4.22. The molecule has 1 saturated carbocycles. The summed E-state index contributed by atoms with van der Waals surface area (Å²) in [6.07, 6.45) is 8.73. The van der Waals surface area contributed by atoms with Crippen LogP contribution in [0.4, 0.5) is 0 Å². The molecule has 0 amide bonds. The zero-order valence-electron chi connectivity index (χ0n) is 8.04. The van der Waals surface area contributed by atoms with E-state index in [0.29, 0.717) is 0 Å². The first-order valence-electron chi connectivity index (χ1n) is 5.35. The van der Waals surface area contributed by atoms with Gasteiger partial charge in [0.25, 0.3) is 0 Å². The highest BCUT2D eigenvalue weighted by Gasteiger charge is 2.22. The van der Waals surface area contributed by atoms with Gasteiger partial charge in [-0.25, -0.2) is 0 Å². The zero-order valence-corrected chi connectivity index (χ0v) is 8.04. The number of rotatable bonds is 3. The van der Waals surface area contributed by atoms with Crippen LogP contribution in [0.25, 0.3) is 0 Å². The van der Waals surface area contributed by atoms with E-state index < -0.39 is 0 Å². The second kappa shape index (κ2) is 4.14. The normalized spacial score (nSPS) is 25.8. The Kier molecular flexibility index (Phi) is 2.89. The van der Waals surface area contributed by atoms with E-state index in [0.717, 1.165) is 30.9 Å². The van der Waals surface area contributed by atoms with Crippen molar-refractivity contribution in [2.45, 2.75) is 44.6 Å². The molecule has 1 fully saturated rings. The van der Waals surface area contributed by atoms with Gasteiger partial charge in [-0.15, -0.1) is 0 Å². The number of hydrogen-bond acceptors (Lipinski definition) is 2. The Labute approximate surface area is 79.6 Å². The molecule has 0 saturated heterocycles. The first-order chi connectivity index (χ1) is 6.36. The molecule has 0 aromatic carbocycles. The molecule has 13 heavy (non-hydrogen) atoms. The van der Waals surface area contributed by atoms with Gasteiger partial charge in [-0.2, -0.15) is 0 Å². The van der Waals surface area contributed by atoms with Gasteiger partial charge in [0, 0.05) is 6.42 Å². The molecule has 1 heterocycles. The molecular formula is C11H18O2. The molecule has 1 unspecified atom stereocenters. The van der Waals surface area contributed by atoms with Crippen molar-refractivity contribution < 1.29 is 9.84 Å². The highest BCUT2D eigenvalue weighted by Crippen LogP contribution is 2.31. The second-order valence-electron chi connectivity index (χ2n) is 4.22. The maximum absolute atomic E-state index is 9.86. The molecule has 74 valence electrons. The molecule has 2 heteroatoms. The van der Waals surface area contributed by atoms with E-state index in [1.54, 1.807) is 6.26 Å². The lowest BCUT2D eigenvalue weighted by molar-refractivity contribution is 0.174. The van der Waals surface area contributed by atoms with E-state index >= 15 is 0 Å². The number of aliphatic hydroxyl groups excluding tert-OH is 1. The summed E-state index contributed by atoms with van der Waals surface area (Å²) in [5, 5.41) is 9.86. The highest BCUT2D eigenvalue weighted by atomic mass is 16.5. The summed E-state index contributed by atoms with van der Waals surface area (Å²) in [7, 11) is 0. The van der Waals surface area contributed by atoms with Crippen LogP contribution in [-0.2, 0) is 4.74 Å². The maximum Gasteiger partial charge on any atom is 0.0912 e. The fourth-order valence-corrected chi connectivity index (χ4v) is 2.36. The molecule has 1 aliphatic heterocycles. The van der Waals surface area contributed by atoms with E-state index in [2.05, 4.69) is 0 Å². The van der Waals surface area contributed by atoms with Gasteiger partial charge in [-0.3, -0.25) is 0 Å². The van der Waals surface area contributed by atoms with E-state index in [9.17, 15) is 5.11 Å². The summed E-state index contributed by atoms with van der Waals surface area (Å²) in [6.45, 7) is 0.761. The summed E-state index contributed by atoms with van der Waals surface area (Å²) >= 11 is 0. The van der Waals surface area contributed by atoms with Crippen molar-refractivity contribution in [3.63, 3.8) is 0 Å². The van der Waals surface area contributed by atoms with Gasteiger partial charge >= 0.3 is 0 Å². The first-order valence-corrected chi connectivity index (χ1v) is 5.35. The Balaban J connectivity index is 1.79. The molecule has 0 bridgehead atoms. The predicted octanol–water partition coefficient (Wildman–Crippen LogP) is 2.23. The topological polar surface area (TPSA) is 29.5 Å². The Bertz CT molecular complexity index is 192. The van der Waals surface area contributed by atoms with Crippen molar-refractivity contribution >= 4 is 0 Å². The van der Waals surface area contributed by atoms with Crippen LogP contribution < -0.4 is 0 Å². The van der Waals surface area contributed by atoms with Crippen molar-refractivity contribution in [1.29, 1.82) is 0 Å². The maximum atomic E-state index is 9.86. The fourth-order valence-electron chi connectivity index (χ4n) is 2.36. The molecule has 1 atom stereocenters. The molecule has 0 radical (unpaired) electrons. The van der Waals surface area contributed by atoms with Crippen LogP contribution >= 0.6 is 0 Å². The van der Waals surface area contributed by atoms with Crippen LogP contribution in [0.3, 0.4) is 0 Å². The lowest BCUT2D eigenvalue weighted by Gasteiger charge is -2.15. The molecule has 1 N–H and O–H groups in total. The molecule has 2 aliphatic rings. The lowest BCUT2D eigenvalue weighted by Crippen LogP contribution is -2.13. The van der Waals surface area contributed by atoms with Crippen molar-refractivity contribution in [2.24, 2.45) is 5.92 Å². The van der Waals surface area contributed by atoms with E-state index in [4.69, 9.17) is 4.74 Å². The summed E-state index contributed by atoms with van der Waals surface area (Å²) < 4.78 is 5.12. The van der Waals surface area contributed by atoms with Crippen molar-refractivity contribution in [3.05, 3.63) is 11.8 Å². The molecule has 0 aromatic rings. The van der Waals surface area contributed by atoms with Crippen LogP contribution in [0.2, 0.25) is 0 Å². The molecule has 2 rings (SSSR count). The third-order valence-electron chi connectivity index (χ3n) is 3.20. The molecule has 2 nitrogen and oxygen atoms in total. The fraction of sp³-hybridized carbons (Fsp3) is 0.818. The zero-order chi connectivity index (χ0) is 9.10. The van der Waals surface area contributed by atoms with Gasteiger partial charge in [0.2, 0.25) is 0 Å². The monoisotopic (exact) mass is 182 g/mol. The molecule has 1 aliphatic carbocycles. The minimum Gasteiger partial charge on any atom is -0.501 e. The summed E-state index contributed by atoms with van der Waals surface area (Å²) in [6, 6.07) is 0. The first kappa shape index (κ1) is 9.07. The van der Waals surface area contributed by atoms with Gasteiger partial charge < -0.3 is 9.84 Å². The van der Waals surface area contributed by atoms with Gasteiger partial charge in [0.1, 0.15) is 0 Å². The Morgan fingerprint density at radius 2 is 2.23 bits per heavy atom. The predicted molar refractivity (Wildman–Crippen MR) is 51.2 cm³/mol. The standard InChI is InChI=1S/C11H18O2/c12-11(10-5-6-13-8-10)7-9-3-1-2-4-9/h8-9,11-12H,1-7H2. The van der Waals surface area contributed by atoms with Crippen molar-refractivity contribution in [2.75, 3.05) is 6.61 Å². The number of ether oxygens (including phenoxy) is 1. The molecule has 0 aromatic heterocycles. The Hall–Kier alpha value is -0.500. The van der Waals surface area contributed by atoms with Gasteiger partial charge in [-0.1, -0.05) is 25.7 Å². The van der Waals surface area contributed by atoms with E-state index in [1.165, 1.54) is 25.7 Å². The third kappa shape index (κ3) is 2.25. The van der Waals surface area contributed by atoms with Gasteiger partial charge in [0.15, 0.2) is 0 Å². The average Bonchev–Trinajstić information content (AvgIpc) is 2.74. The SMILES string of the molecule is OC(CC1CCCC1)C1=COCC1. The van der Waals surface area contributed by atoms with Gasteiger partial charge in [0.05, 0.1) is 19.0 Å². The molecule has 0 spiro atoms. The van der Waals surface area contributed by atoms with Crippen LogP contribution in [-0.4, -0.2) is 17.8 Å². The summed E-state index contributed by atoms with van der Waals surface area (Å²) in [4.78, 5) is 0. The number of aliphatic hydroxyl groups is 1. The van der Waals surface area contributed by atoms with E-state index in [-0.39, 0.29) is 6.10 Å². The Morgan fingerprint density at radius 1 is 1.46 bits per heavy atom. The summed E-state index contributed by atoms with van der Waals surface area (Å²) in [5.74, 6) is 0.761. The lowest BCUT2D eigenvalue weighted by atomic mass is 9.95. The Morgan fingerprint density at radius 3 is 2.85 bits per heavy atom. The smallest absolute Gasteiger partial charge is 0.0912 e.